The molecular weight excluding hydrogens is 352 g/mol. The largest absolute Gasteiger partial charge is 0.490 e. The Morgan fingerprint density at radius 2 is 1.59 bits per heavy atom. The molecule has 4 amide bonds. The molecule has 1 aromatic rings. The van der Waals surface area contributed by atoms with Crippen LogP contribution in [0, 0.1) is 0 Å². The number of hydrogen-bond acceptors (Lipinski definition) is 5. The molecule has 1 atom stereocenters. The Hall–Kier alpha value is -2.81. The van der Waals surface area contributed by atoms with Crippen LogP contribution in [0.25, 0.3) is 0 Å². The normalized spacial score (nSPS) is 11.3. The summed E-state index contributed by atoms with van der Waals surface area (Å²) in [5.74, 6) is 0.456. The molecule has 0 aromatic heterocycles. The Kier molecular flexibility index (Phi) is 9.66. The van der Waals surface area contributed by atoms with Gasteiger partial charge in [-0.25, -0.2) is 4.79 Å². The van der Waals surface area contributed by atoms with Gasteiger partial charge in [0, 0.05) is 18.3 Å². The van der Waals surface area contributed by atoms with Crippen LogP contribution in [0.2, 0.25) is 0 Å². The van der Waals surface area contributed by atoms with E-state index in [9.17, 15) is 14.4 Å². The van der Waals surface area contributed by atoms with Crippen LogP contribution in [-0.2, 0) is 9.59 Å². The smallest absolute Gasteiger partial charge is 0.321 e. The van der Waals surface area contributed by atoms with Gasteiger partial charge in [-0.2, -0.15) is 0 Å². The maximum atomic E-state index is 12.2. The second-order valence-corrected chi connectivity index (χ2v) is 5.79. The first kappa shape index (κ1) is 22.2. The second-order valence-electron chi connectivity index (χ2n) is 5.79. The molecule has 0 aliphatic rings. The Bertz CT molecular complexity index is 651. The average Bonchev–Trinajstić information content (AvgIpc) is 2.57. The number of benzene rings is 1. The summed E-state index contributed by atoms with van der Waals surface area (Å²) in [5.41, 5.74) is 0.575. The van der Waals surface area contributed by atoms with Crippen molar-refractivity contribution in [3.8, 4) is 11.5 Å². The van der Waals surface area contributed by atoms with E-state index < -0.39 is 11.9 Å². The quantitative estimate of drug-likeness (QED) is 0.448. The van der Waals surface area contributed by atoms with Gasteiger partial charge in [0.1, 0.15) is 0 Å². The SMILES string of the molecule is CCNC(=O)NC(=O)C[NH+](C)CC(=O)Nc1ccc(OCC)c(OCC)c1. The number of carbonyl (C=O) groups excluding carboxylic acids is 3. The molecule has 4 N–H and O–H groups in total. The third kappa shape index (κ3) is 8.41. The average molecular weight is 381 g/mol. The molecule has 1 rings (SSSR count). The number of imide groups is 1. The molecule has 0 saturated heterocycles. The first-order valence-electron chi connectivity index (χ1n) is 8.98. The summed E-state index contributed by atoms with van der Waals surface area (Å²) in [6.07, 6.45) is 0. The molecule has 0 heterocycles. The summed E-state index contributed by atoms with van der Waals surface area (Å²) in [6, 6.07) is 4.62. The van der Waals surface area contributed by atoms with E-state index in [-0.39, 0.29) is 19.0 Å². The monoisotopic (exact) mass is 381 g/mol. The highest BCUT2D eigenvalue weighted by Crippen LogP contribution is 2.30. The summed E-state index contributed by atoms with van der Waals surface area (Å²) in [4.78, 5) is 35.9. The van der Waals surface area contributed by atoms with E-state index >= 15 is 0 Å². The molecule has 0 fully saturated rings. The topological polar surface area (TPSA) is 110 Å². The van der Waals surface area contributed by atoms with Crippen LogP contribution in [0.1, 0.15) is 20.8 Å². The van der Waals surface area contributed by atoms with Gasteiger partial charge in [-0.05, 0) is 32.9 Å². The second kappa shape index (κ2) is 11.7. The zero-order valence-corrected chi connectivity index (χ0v) is 16.3. The number of ether oxygens (including phenoxy) is 2. The number of nitrogens with one attached hydrogen (secondary N) is 4. The minimum absolute atomic E-state index is 0.00196. The number of urea groups is 1. The highest BCUT2D eigenvalue weighted by Gasteiger charge is 2.16. The minimum atomic E-state index is -0.544. The number of rotatable bonds is 10. The van der Waals surface area contributed by atoms with E-state index in [0.29, 0.717) is 41.8 Å². The molecule has 1 unspecified atom stereocenters. The Morgan fingerprint density at radius 3 is 2.22 bits per heavy atom. The minimum Gasteiger partial charge on any atom is -0.490 e. The molecule has 0 radical (unpaired) electrons. The fourth-order valence-corrected chi connectivity index (χ4v) is 2.32. The van der Waals surface area contributed by atoms with Gasteiger partial charge in [-0.1, -0.05) is 0 Å². The number of anilines is 1. The van der Waals surface area contributed by atoms with E-state index in [1.165, 1.54) is 0 Å². The van der Waals surface area contributed by atoms with E-state index in [2.05, 4.69) is 16.0 Å². The van der Waals surface area contributed by atoms with Gasteiger partial charge >= 0.3 is 6.03 Å². The van der Waals surface area contributed by atoms with Crippen LogP contribution in [0.4, 0.5) is 10.5 Å². The highest BCUT2D eigenvalue weighted by molar-refractivity contribution is 5.95. The van der Waals surface area contributed by atoms with Crippen molar-refractivity contribution in [1.29, 1.82) is 0 Å². The van der Waals surface area contributed by atoms with E-state index in [1.54, 1.807) is 32.2 Å². The fraction of sp³-hybridized carbons (Fsp3) is 0.500. The zero-order chi connectivity index (χ0) is 20.2. The van der Waals surface area contributed by atoms with Crippen molar-refractivity contribution >= 4 is 23.5 Å². The van der Waals surface area contributed by atoms with Gasteiger partial charge in [0.25, 0.3) is 11.8 Å². The fourth-order valence-electron chi connectivity index (χ4n) is 2.32. The van der Waals surface area contributed by atoms with Crippen LogP contribution in [0.5, 0.6) is 11.5 Å². The van der Waals surface area contributed by atoms with Gasteiger partial charge in [0.05, 0.1) is 20.3 Å². The molecule has 0 saturated carbocycles. The predicted molar refractivity (Wildman–Crippen MR) is 101 cm³/mol. The Balaban J connectivity index is 2.56. The van der Waals surface area contributed by atoms with Gasteiger partial charge < -0.3 is 25.0 Å². The molecule has 150 valence electrons. The van der Waals surface area contributed by atoms with Crippen molar-refractivity contribution in [1.82, 2.24) is 10.6 Å². The van der Waals surface area contributed by atoms with E-state index in [4.69, 9.17) is 9.47 Å². The van der Waals surface area contributed by atoms with Gasteiger partial charge in [0.2, 0.25) is 0 Å². The molecule has 0 spiro atoms. The summed E-state index contributed by atoms with van der Waals surface area (Å²) in [7, 11) is 1.70. The predicted octanol–water partition coefficient (Wildman–Crippen LogP) is -0.217. The summed E-state index contributed by atoms with van der Waals surface area (Å²) in [5, 5.41) is 7.44. The maximum absolute atomic E-state index is 12.2. The first-order chi connectivity index (χ1) is 12.9. The third-order valence-electron chi connectivity index (χ3n) is 3.34. The number of quaternary nitrogens is 1. The molecule has 0 aliphatic carbocycles. The molecular formula is C18H29N4O5+. The number of hydrogen-bond donors (Lipinski definition) is 4. The first-order valence-corrected chi connectivity index (χ1v) is 8.98. The summed E-state index contributed by atoms with van der Waals surface area (Å²) >= 11 is 0. The summed E-state index contributed by atoms with van der Waals surface area (Å²) in [6.45, 7) is 6.98. The lowest BCUT2D eigenvalue weighted by atomic mass is 10.2. The Morgan fingerprint density at radius 1 is 0.963 bits per heavy atom. The van der Waals surface area contributed by atoms with Gasteiger partial charge in [0.15, 0.2) is 24.6 Å². The number of amides is 4. The highest BCUT2D eigenvalue weighted by atomic mass is 16.5. The van der Waals surface area contributed by atoms with Crippen molar-refractivity contribution < 1.29 is 28.8 Å². The van der Waals surface area contributed by atoms with Crippen LogP contribution < -0.4 is 30.3 Å². The Labute approximate surface area is 159 Å². The van der Waals surface area contributed by atoms with Gasteiger partial charge in [-0.15, -0.1) is 0 Å². The molecule has 27 heavy (non-hydrogen) atoms. The van der Waals surface area contributed by atoms with Crippen molar-refractivity contribution in [3.05, 3.63) is 18.2 Å². The van der Waals surface area contributed by atoms with Crippen LogP contribution >= 0.6 is 0 Å². The van der Waals surface area contributed by atoms with Crippen molar-refractivity contribution in [2.45, 2.75) is 20.8 Å². The van der Waals surface area contributed by atoms with E-state index in [1.807, 2.05) is 13.8 Å². The maximum Gasteiger partial charge on any atom is 0.321 e. The standard InChI is InChI=1S/C18H28N4O5/c1-5-19-18(25)21-17(24)12-22(4)11-16(23)20-13-8-9-14(26-6-2)15(10-13)27-7-3/h8-10H,5-7,11-12H2,1-4H3,(H,20,23)(H2,19,21,24,25)/p+1. The molecule has 9 heteroatoms. The zero-order valence-electron chi connectivity index (χ0n) is 16.3. The van der Waals surface area contributed by atoms with E-state index in [0.717, 1.165) is 0 Å². The van der Waals surface area contributed by atoms with Crippen LogP contribution in [0.15, 0.2) is 18.2 Å². The lowest BCUT2D eigenvalue weighted by Gasteiger charge is -2.15. The van der Waals surface area contributed by atoms with Gasteiger partial charge in [-0.3, -0.25) is 14.9 Å². The van der Waals surface area contributed by atoms with Crippen molar-refractivity contribution in [3.63, 3.8) is 0 Å². The summed E-state index contributed by atoms with van der Waals surface area (Å²) < 4.78 is 11.0. The molecule has 0 aliphatic heterocycles. The number of carbonyl (C=O) groups is 3. The molecule has 0 bridgehead atoms. The van der Waals surface area contributed by atoms with Crippen molar-refractivity contribution in [2.75, 3.05) is 45.2 Å². The van der Waals surface area contributed by atoms with Crippen molar-refractivity contribution in [2.24, 2.45) is 0 Å². The lowest BCUT2D eigenvalue weighted by molar-refractivity contribution is -0.862. The van der Waals surface area contributed by atoms with Crippen LogP contribution in [0.3, 0.4) is 0 Å². The van der Waals surface area contributed by atoms with Crippen LogP contribution in [-0.4, -0.2) is 57.7 Å². The molecule has 9 nitrogen and oxygen atoms in total. The number of likely N-dealkylation sites (N-methyl/N-ethyl adjacent to an activating group) is 1. The lowest BCUT2D eigenvalue weighted by Crippen LogP contribution is -3.11. The molecule has 1 aromatic carbocycles. The third-order valence-corrected chi connectivity index (χ3v) is 3.34.